The number of Topliss-reactive ketones (excluding diaryl/α,β-unsaturated/α-hetero) is 1. The summed E-state index contributed by atoms with van der Waals surface area (Å²) in [6, 6.07) is 0. The Morgan fingerprint density at radius 3 is 2.35 bits per heavy atom. The molecule has 14 heteroatoms. The first-order valence-electron chi connectivity index (χ1n) is 17.7. The first-order valence-corrected chi connectivity index (χ1v) is 17.7. The largest absolute Gasteiger partial charge is 0.507 e. The number of aliphatic hydroxyl groups is 2. The second kappa shape index (κ2) is 17.0. The van der Waals surface area contributed by atoms with Crippen LogP contribution in [-0.4, -0.2) is 88.4 Å². The highest BCUT2D eigenvalue weighted by Crippen LogP contribution is 2.48. The number of carbonyl (C=O) groups is 4. The molecule has 0 saturated heterocycles. The zero-order chi connectivity index (χ0) is 40.2. The molecule has 1 aromatic carbocycles. The fraction of sp³-hybridized carbons (Fsp3) is 0.475. The minimum Gasteiger partial charge on any atom is -0.507 e. The van der Waals surface area contributed by atoms with Gasteiger partial charge in [-0.3, -0.25) is 19.2 Å². The highest BCUT2D eigenvalue weighted by molar-refractivity contribution is 6.31. The van der Waals surface area contributed by atoms with Gasteiger partial charge >= 0.3 is 5.97 Å². The summed E-state index contributed by atoms with van der Waals surface area (Å²) < 4.78 is 23.9. The van der Waals surface area contributed by atoms with Gasteiger partial charge in [0.05, 0.1) is 47.0 Å². The molecule has 5 rings (SSSR count). The van der Waals surface area contributed by atoms with E-state index in [9.17, 15) is 34.5 Å². The van der Waals surface area contributed by atoms with E-state index in [0.717, 1.165) is 6.08 Å². The molecule has 0 spiro atoms. The predicted molar refractivity (Wildman–Crippen MR) is 198 cm³/mol. The van der Waals surface area contributed by atoms with E-state index in [2.05, 4.69) is 17.1 Å². The van der Waals surface area contributed by atoms with Crippen LogP contribution in [0.25, 0.3) is 0 Å². The van der Waals surface area contributed by atoms with Crippen molar-refractivity contribution in [2.24, 2.45) is 28.8 Å². The Bertz CT molecular complexity index is 1840. The van der Waals surface area contributed by atoms with E-state index in [1.54, 1.807) is 45.9 Å². The van der Waals surface area contributed by atoms with Crippen LogP contribution < -0.4 is 10.1 Å². The molecule has 0 fully saturated rings. The summed E-state index contributed by atoms with van der Waals surface area (Å²) in [5.74, 6) is -7.53. The number of ketones is 2. The van der Waals surface area contributed by atoms with Crippen molar-refractivity contribution in [3.8, 4) is 11.5 Å². The lowest BCUT2D eigenvalue weighted by atomic mass is 9.78. The van der Waals surface area contributed by atoms with E-state index in [0.29, 0.717) is 0 Å². The van der Waals surface area contributed by atoms with Crippen LogP contribution in [0.3, 0.4) is 0 Å². The molecule has 292 valence electrons. The normalized spacial score (nSPS) is 33.4. The number of aromatic hydroxyl groups is 1. The van der Waals surface area contributed by atoms with Gasteiger partial charge in [0.15, 0.2) is 11.5 Å². The summed E-state index contributed by atoms with van der Waals surface area (Å²) in [5.41, 5.74) is -0.655. The number of phenolic OH excluding ortho intramolecular Hbond substituents is 1. The van der Waals surface area contributed by atoms with Gasteiger partial charge in [-0.15, -0.1) is 0 Å². The first-order chi connectivity index (χ1) is 25.4. The number of ether oxygens (including phenoxy) is 4. The van der Waals surface area contributed by atoms with Crippen molar-refractivity contribution in [2.45, 2.75) is 85.6 Å². The van der Waals surface area contributed by atoms with Crippen LogP contribution in [0.5, 0.6) is 11.5 Å². The van der Waals surface area contributed by atoms with E-state index >= 15 is 0 Å². The maximum atomic E-state index is 13.9. The van der Waals surface area contributed by atoms with E-state index in [-0.39, 0.29) is 51.6 Å². The minimum atomic E-state index is -1.79. The van der Waals surface area contributed by atoms with Crippen LogP contribution in [0, 0.1) is 30.6 Å². The predicted octanol–water partition coefficient (Wildman–Crippen LogP) is 4.35. The topological polar surface area (TPSA) is 200 Å². The number of esters is 1. The second-order valence-corrected chi connectivity index (χ2v) is 14.1. The molecule has 3 aliphatic heterocycles. The molecule has 1 aliphatic carbocycles. The lowest BCUT2D eigenvalue weighted by molar-refractivity contribution is -0.160. The number of carbonyl (C=O) groups excluding carboxylic acids is 4. The van der Waals surface area contributed by atoms with Crippen LogP contribution >= 0.6 is 0 Å². The number of hydrogen-bond donors (Lipinski definition) is 4. The number of benzene rings is 1. The Morgan fingerprint density at radius 2 is 1.72 bits per heavy atom. The highest BCUT2D eigenvalue weighted by Gasteiger charge is 2.51. The van der Waals surface area contributed by atoms with Crippen molar-refractivity contribution < 1.29 is 58.3 Å². The molecule has 1 amide bonds. The minimum absolute atomic E-state index is 0.0150. The van der Waals surface area contributed by atoms with Crippen molar-refractivity contribution in [1.29, 1.82) is 0 Å². The molecule has 54 heavy (non-hydrogen) atoms. The maximum absolute atomic E-state index is 13.9. The molecule has 9 atom stereocenters. The number of allylic oxidation sites excluding steroid dienone is 4. The van der Waals surface area contributed by atoms with Crippen LogP contribution in [-0.2, 0) is 28.6 Å². The third-order valence-corrected chi connectivity index (χ3v) is 10.2. The molecule has 0 radical (unpaired) electrons. The lowest BCUT2D eigenvalue weighted by Crippen LogP contribution is -2.46. The van der Waals surface area contributed by atoms with Gasteiger partial charge in [-0.1, -0.05) is 63.7 Å². The van der Waals surface area contributed by atoms with Crippen LogP contribution in [0.4, 0.5) is 0 Å². The number of amides is 1. The number of methoxy groups -OCH3 is 1. The van der Waals surface area contributed by atoms with Crippen LogP contribution in [0.15, 0.2) is 65.7 Å². The number of oxime groups is 1. The number of nitrogens with zero attached hydrogens (tertiary/aromatic N) is 1. The monoisotopic (exact) mass is 750 g/mol. The third-order valence-electron chi connectivity index (χ3n) is 10.2. The number of rotatable bonds is 5. The van der Waals surface area contributed by atoms with Crippen LogP contribution in [0.1, 0.15) is 80.3 Å². The Labute approximate surface area is 314 Å². The summed E-state index contributed by atoms with van der Waals surface area (Å²) in [5, 5.41) is 40.8. The van der Waals surface area contributed by atoms with Gasteiger partial charge in [0, 0.05) is 61.8 Å². The maximum Gasteiger partial charge on any atom is 0.302 e. The smallest absolute Gasteiger partial charge is 0.302 e. The van der Waals surface area contributed by atoms with E-state index in [1.165, 1.54) is 53.2 Å². The fourth-order valence-electron chi connectivity index (χ4n) is 6.92. The molecule has 0 unspecified atom stereocenters. The first kappa shape index (κ1) is 41.7. The summed E-state index contributed by atoms with van der Waals surface area (Å²) in [4.78, 5) is 58.7. The zero-order valence-corrected chi connectivity index (χ0v) is 32.0. The molecule has 0 aromatic heterocycles. The molecular weight excluding hydrogens is 700 g/mol. The summed E-state index contributed by atoms with van der Waals surface area (Å²) in [7, 11) is 1.45. The Hall–Kier alpha value is -5.05. The van der Waals surface area contributed by atoms with Crippen molar-refractivity contribution in [2.75, 3.05) is 13.7 Å². The summed E-state index contributed by atoms with van der Waals surface area (Å²) in [6.07, 6.45) is 6.13. The SMILES string of the molecule is C=CCO/N=C1/c2c3c(C)c(O)c4c2C(=O)C=C(NC(=O)/C(C)=C\C=C\[C@H](C)[C@H](O)[C@@H](C)[C@@H](O)[C@@H](C)[C@H](OC(C)=O)[C@H](C)[C@@H](OC)/C=C/O[C@@]1(C)O3)C4=O. The highest BCUT2D eigenvalue weighted by atomic mass is 16.7. The van der Waals surface area contributed by atoms with Gasteiger partial charge in [-0.05, 0) is 19.9 Å². The summed E-state index contributed by atoms with van der Waals surface area (Å²) >= 11 is 0. The average Bonchev–Trinajstić information content (AvgIpc) is 3.42. The van der Waals surface area contributed by atoms with E-state index in [4.69, 9.17) is 23.8 Å². The van der Waals surface area contributed by atoms with Crippen LogP contribution in [0.2, 0.25) is 0 Å². The van der Waals surface area contributed by atoms with Gasteiger partial charge in [0.1, 0.15) is 24.2 Å². The number of aliphatic hydroxyl groups excluding tert-OH is 2. The third kappa shape index (κ3) is 8.20. The average molecular weight is 751 g/mol. The Kier molecular flexibility index (Phi) is 13.1. The van der Waals surface area contributed by atoms with E-state index in [1.807, 2.05) is 0 Å². The fourth-order valence-corrected chi connectivity index (χ4v) is 6.92. The second-order valence-electron chi connectivity index (χ2n) is 14.1. The number of nitrogens with one attached hydrogen (secondary N) is 1. The van der Waals surface area contributed by atoms with Gasteiger partial charge in [0.25, 0.3) is 11.7 Å². The van der Waals surface area contributed by atoms with Gasteiger partial charge < -0.3 is 44.4 Å². The van der Waals surface area contributed by atoms with E-state index < -0.39 is 83.1 Å². The lowest BCUT2D eigenvalue weighted by Gasteiger charge is -2.38. The zero-order valence-electron chi connectivity index (χ0n) is 32.0. The van der Waals surface area contributed by atoms with Crippen molar-refractivity contribution in [1.82, 2.24) is 5.32 Å². The molecule has 0 saturated carbocycles. The van der Waals surface area contributed by atoms with Gasteiger partial charge in [-0.2, -0.15) is 0 Å². The number of hydrogen-bond acceptors (Lipinski definition) is 13. The van der Waals surface area contributed by atoms with Gasteiger partial charge in [-0.25, -0.2) is 0 Å². The van der Waals surface area contributed by atoms with Crippen molar-refractivity contribution in [3.63, 3.8) is 0 Å². The summed E-state index contributed by atoms with van der Waals surface area (Å²) in [6.45, 7) is 16.3. The molecule has 4 aliphatic rings. The Balaban J connectivity index is 1.90. The molecule has 4 N–H and O–H groups in total. The molecule has 3 heterocycles. The standard InChI is InChI=1S/C40H50N2O12/c1-11-16-52-42-38-31-29-27(44)18-26-35(48)30(29)34(47)24(7)37(31)54-40(38,9)51-17-15-28(50-10)21(4)36(53-25(8)43)23(6)33(46)22(5)32(45)19(2)13-12-14-20(3)39(49)41-26/h11-15,17-19,21-23,28,32-33,36,45-47H,1,16H2,2-10H3,(H,41,49)/b13-12+,17-15+,20-14-,42-38-/t19-,21+,22+,23+,28-,32-,33+,36+,40-/m0/s1. The number of fused-ring (bicyclic) bond motifs is 14. The number of phenols is 1. The molecule has 5 bridgehead atoms. The Morgan fingerprint density at radius 1 is 1.04 bits per heavy atom. The quantitative estimate of drug-likeness (QED) is 0.144. The molecular formula is C40H50N2O12. The molecule has 14 nitrogen and oxygen atoms in total. The van der Waals surface area contributed by atoms with Gasteiger partial charge in [0.2, 0.25) is 5.78 Å². The molecule has 1 aromatic rings. The van der Waals surface area contributed by atoms with Crippen molar-refractivity contribution >= 4 is 29.2 Å². The van der Waals surface area contributed by atoms with Crippen molar-refractivity contribution in [3.05, 3.63) is 82.8 Å².